The molecule has 152 valence electrons. The van der Waals surface area contributed by atoms with E-state index in [-0.39, 0.29) is 16.9 Å². The van der Waals surface area contributed by atoms with Crippen LogP contribution in [0.5, 0.6) is 0 Å². The van der Waals surface area contributed by atoms with Gasteiger partial charge in [0.25, 0.3) is 11.9 Å². The lowest BCUT2D eigenvalue weighted by Crippen LogP contribution is -2.53. The molecular formula is C18H16F3N5O3. The number of carbonyl (C=O) groups is 2. The average molecular weight is 407 g/mol. The number of nitrogens with zero attached hydrogens (tertiary/aromatic N) is 2. The van der Waals surface area contributed by atoms with Crippen molar-refractivity contribution in [3.8, 4) is 0 Å². The Morgan fingerprint density at radius 2 is 1.97 bits per heavy atom. The Balaban J connectivity index is 1.90. The van der Waals surface area contributed by atoms with E-state index in [1.165, 1.54) is 18.2 Å². The van der Waals surface area contributed by atoms with Gasteiger partial charge in [0.05, 0.1) is 5.56 Å². The minimum Gasteiger partial charge on any atom is -0.448 e. The Kier molecular flexibility index (Phi) is 4.91. The number of carbonyl (C=O) groups excluding carboxylic acids is 2. The molecule has 0 bridgehead atoms. The van der Waals surface area contributed by atoms with Gasteiger partial charge in [0, 0.05) is 17.4 Å². The van der Waals surface area contributed by atoms with Crippen molar-refractivity contribution in [3.63, 3.8) is 0 Å². The first kappa shape index (κ1) is 20.1. The van der Waals surface area contributed by atoms with E-state index in [9.17, 15) is 22.8 Å². The van der Waals surface area contributed by atoms with Gasteiger partial charge >= 0.3 is 5.92 Å². The molecule has 1 aliphatic rings. The SMILES string of the molecule is C[C@]1(c2cc(NC(=O)c3ccc(C(N)=O)cn3)ccc2F)OC(N)=NCC1(F)F. The second-order valence-electron chi connectivity index (χ2n) is 6.44. The number of hydrogen-bond acceptors (Lipinski definition) is 6. The normalized spacial score (nSPS) is 20.3. The fraction of sp³-hybridized carbons (Fsp3) is 0.222. The predicted octanol–water partition coefficient (Wildman–Crippen LogP) is 1.77. The lowest BCUT2D eigenvalue weighted by atomic mass is 9.87. The Morgan fingerprint density at radius 3 is 2.59 bits per heavy atom. The standard InChI is InChI=1S/C18H16F3N5O3/c1-17(18(20,21)8-25-16(23)29-17)11-6-10(3-4-12(11)19)26-15(28)13-5-2-9(7-24-13)14(22)27/h2-7H,8H2,1H3,(H2,22,27)(H2,23,25)(H,26,28)/t17-/m1/s1. The summed E-state index contributed by atoms with van der Waals surface area (Å²) in [6.45, 7) is 0.0180. The number of amides is 2. The van der Waals surface area contributed by atoms with Crippen LogP contribution in [0, 0.1) is 5.82 Å². The highest BCUT2D eigenvalue weighted by molar-refractivity contribution is 6.03. The van der Waals surface area contributed by atoms with Gasteiger partial charge in [-0.25, -0.2) is 9.38 Å². The summed E-state index contributed by atoms with van der Waals surface area (Å²) in [5.74, 6) is -5.94. The summed E-state index contributed by atoms with van der Waals surface area (Å²) in [7, 11) is 0. The first-order valence-corrected chi connectivity index (χ1v) is 8.27. The molecule has 0 aliphatic carbocycles. The number of rotatable bonds is 4. The molecule has 5 N–H and O–H groups in total. The molecular weight excluding hydrogens is 391 g/mol. The van der Waals surface area contributed by atoms with Crippen LogP contribution in [0.4, 0.5) is 18.9 Å². The Hall–Kier alpha value is -3.63. The summed E-state index contributed by atoms with van der Waals surface area (Å²) in [6.07, 6.45) is 1.12. The fourth-order valence-electron chi connectivity index (χ4n) is 2.73. The van der Waals surface area contributed by atoms with Crippen LogP contribution in [0.25, 0.3) is 0 Å². The zero-order valence-corrected chi connectivity index (χ0v) is 15.1. The van der Waals surface area contributed by atoms with Gasteiger partial charge in [0.1, 0.15) is 18.1 Å². The van der Waals surface area contributed by atoms with Gasteiger partial charge < -0.3 is 21.5 Å². The largest absolute Gasteiger partial charge is 0.448 e. The van der Waals surface area contributed by atoms with E-state index in [0.717, 1.165) is 25.3 Å². The summed E-state index contributed by atoms with van der Waals surface area (Å²) >= 11 is 0. The molecule has 8 nitrogen and oxygen atoms in total. The van der Waals surface area contributed by atoms with Crippen LogP contribution in [0.1, 0.15) is 33.3 Å². The van der Waals surface area contributed by atoms with Gasteiger partial charge in [-0.1, -0.05) is 0 Å². The van der Waals surface area contributed by atoms with Crippen LogP contribution in [0.3, 0.4) is 0 Å². The van der Waals surface area contributed by atoms with Gasteiger partial charge in [-0.3, -0.25) is 14.6 Å². The highest BCUT2D eigenvalue weighted by atomic mass is 19.3. The monoisotopic (exact) mass is 407 g/mol. The molecule has 1 aliphatic heterocycles. The third kappa shape index (κ3) is 3.71. The van der Waals surface area contributed by atoms with Crippen molar-refractivity contribution in [3.05, 3.63) is 59.2 Å². The number of alkyl halides is 2. The lowest BCUT2D eigenvalue weighted by Gasteiger charge is -2.39. The maximum absolute atomic E-state index is 14.5. The fourth-order valence-corrected chi connectivity index (χ4v) is 2.73. The second kappa shape index (κ2) is 7.08. The van der Waals surface area contributed by atoms with Crippen LogP contribution in [-0.2, 0) is 10.3 Å². The lowest BCUT2D eigenvalue weighted by molar-refractivity contribution is -0.173. The maximum Gasteiger partial charge on any atom is 0.310 e. The van der Waals surface area contributed by atoms with Crippen LogP contribution in [0.2, 0.25) is 0 Å². The Labute approximate surface area is 162 Å². The molecule has 2 aromatic rings. The zero-order valence-electron chi connectivity index (χ0n) is 15.1. The van der Waals surface area contributed by atoms with E-state index in [0.29, 0.717) is 0 Å². The molecule has 3 rings (SSSR count). The van der Waals surface area contributed by atoms with Gasteiger partial charge in [-0.15, -0.1) is 0 Å². The third-order valence-corrected chi connectivity index (χ3v) is 4.46. The molecule has 11 heteroatoms. The smallest absolute Gasteiger partial charge is 0.310 e. The van der Waals surface area contributed by atoms with Crippen molar-refractivity contribution in [2.24, 2.45) is 16.5 Å². The summed E-state index contributed by atoms with van der Waals surface area (Å²) in [5, 5.41) is 2.42. The summed E-state index contributed by atoms with van der Waals surface area (Å²) < 4.78 is 48.3. The molecule has 0 saturated carbocycles. The third-order valence-electron chi connectivity index (χ3n) is 4.46. The molecule has 29 heavy (non-hydrogen) atoms. The zero-order chi connectivity index (χ0) is 21.4. The highest BCUT2D eigenvalue weighted by Crippen LogP contribution is 2.44. The highest BCUT2D eigenvalue weighted by Gasteiger charge is 2.57. The molecule has 0 saturated heterocycles. The first-order valence-electron chi connectivity index (χ1n) is 8.27. The molecule has 1 aromatic heterocycles. The number of benzene rings is 1. The molecule has 1 atom stereocenters. The number of nitrogens with two attached hydrogens (primary N) is 2. The molecule has 0 unspecified atom stereocenters. The van der Waals surface area contributed by atoms with E-state index >= 15 is 0 Å². The number of amidine groups is 1. The molecule has 2 amide bonds. The summed E-state index contributed by atoms with van der Waals surface area (Å²) in [5.41, 5.74) is 7.64. The van der Waals surface area contributed by atoms with E-state index in [4.69, 9.17) is 16.2 Å². The van der Waals surface area contributed by atoms with Crippen LogP contribution in [-0.4, -0.2) is 35.3 Å². The molecule has 0 fully saturated rings. The summed E-state index contributed by atoms with van der Waals surface area (Å²) in [4.78, 5) is 30.5. The van der Waals surface area contributed by atoms with Gasteiger partial charge in [-0.2, -0.15) is 8.78 Å². The number of pyridine rings is 1. The quantitative estimate of drug-likeness (QED) is 0.710. The molecule has 1 aromatic carbocycles. The molecule has 2 heterocycles. The van der Waals surface area contributed by atoms with Gasteiger partial charge in [-0.05, 0) is 37.3 Å². The van der Waals surface area contributed by atoms with E-state index < -0.39 is 47.3 Å². The van der Waals surface area contributed by atoms with Crippen LogP contribution < -0.4 is 16.8 Å². The van der Waals surface area contributed by atoms with E-state index in [1.807, 2.05) is 0 Å². The van der Waals surface area contributed by atoms with Crippen molar-refractivity contribution in [2.75, 3.05) is 11.9 Å². The number of anilines is 1. The number of aliphatic imine (C=N–C) groups is 1. The minimum absolute atomic E-state index is 0.0221. The van der Waals surface area contributed by atoms with Crippen LogP contribution >= 0.6 is 0 Å². The number of primary amides is 1. The predicted molar refractivity (Wildman–Crippen MR) is 97.0 cm³/mol. The average Bonchev–Trinajstić information content (AvgIpc) is 2.66. The van der Waals surface area contributed by atoms with Crippen molar-refractivity contribution in [1.82, 2.24) is 4.98 Å². The molecule has 0 spiro atoms. The van der Waals surface area contributed by atoms with E-state index in [2.05, 4.69) is 15.3 Å². The minimum atomic E-state index is -3.55. The van der Waals surface area contributed by atoms with Crippen molar-refractivity contribution < 1.29 is 27.5 Å². The Bertz CT molecular complexity index is 1010. The number of nitrogens with one attached hydrogen (secondary N) is 1. The second-order valence-corrected chi connectivity index (χ2v) is 6.44. The number of ether oxygens (including phenoxy) is 1. The van der Waals surface area contributed by atoms with Crippen molar-refractivity contribution in [2.45, 2.75) is 18.4 Å². The topological polar surface area (TPSA) is 133 Å². The van der Waals surface area contributed by atoms with Gasteiger partial charge in [0.15, 0.2) is 0 Å². The van der Waals surface area contributed by atoms with Gasteiger partial charge in [0.2, 0.25) is 11.5 Å². The number of aromatic nitrogens is 1. The van der Waals surface area contributed by atoms with Crippen LogP contribution in [0.15, 0.2) is 41.5 Å². The van der Waals surface area contributed by atoms with E-state index in [1.54, 1.807) is 0 Å². The van der Waals surface area contributed by atoms with Crippen molar-refractivity contribution in [1.29, 1.82) is 0 Å². The Morgan fingerprint density at radius 1 is 1.24 bits per heavy atom. The van der Waals surface area contributed by atoms with Crippen molar-refractivity contribution >= 4 is 23.5 Å². The maximum atomic E-state index is 14.5. The first-order chi connectivity index (χ1) is 13.5. The molecule has 0 radical (unpaired) electrons. The summed E-state index contributed by atoms with van der Waals surface area (Å²) in [6, 6.07) is 5.21. The number of halogens is 3. The number of hydrogen-bond donors (Lipinski definition) is 3.